The molecule has 4 aromatic rings. The number of methoxy groups -OCH3 is 2. The number of amides is 2. The van der Waals surface area contributed by atoms with Crippen molar-refractivity contribution >= 4 is 51.7 Å². The third kappa shape index (κ3) is 8.28. The first-order chi connectivity index (χ1) is 22.7. The molecule has 0 saturated heterocycles. The molecule has 0 atom stereocenters. The van der Waals surface area contributed by atoms with Crippen molar-refractivity contribution in [3.63, 3.8) is 0 Å². The van der Waals surface area contributed by atoms with Crippen molar-refractivity contribution in [3.8, 4) is 23.0 Å². The average molecular weight is 664 g/mol. The molecule has 10 nitrogen and oxygen atoms in total. The number of unbranched alkanes of at least 4 members (excludes halogenated alkanes) is 3. The highest BCUT2D eigenvalue weighted by atomic mass is 35.5. The van der Waals surface area contributed by atoms with Crippen molar-refractivity contribution in [2.75, 3.05) is 31.5 Å². The molecule has 2 amide bonds. The molecule has 0 aliphatic heterocycles. The van der Waals surface area contributed by atoms with E-state index in [1.54, 1.807) is 48.7 Å². The minimum absolute atomic E-state index is 0.0678. The molecule has 47 heavy (non-hydrogen) atoms. The molecule has 3 aromatic carbocycles. The Labute approximate surface area is 276 Å². The SMILES string of the molecule is COC(=O)CCCCCCOc1cc2nccc(Oc3ccc(NC(=O)C4(C(=O)Nc5cccc(Cl)c5)CC4)cc3F)c2cc1OC. The number of fused-ring (bicyclic) bond motifs is 1. The van der Waals surface area contributed by atoms with E-state index in [-0.39, 0.29) is 17.4 Å². The highest BCUT2D eigenvalue weighted by Gasteiger charge is 2.56. The molecule has 1 aliphatic carbocycles. The highest BCUT2D eigenvalue weighted by molar-refractivity contribution is 6.31. The van der Waals surface area contributed by atoms with E-state index in [1.165, 1.54) is 26.4 Å². The van der Waals surface area contributed by atoms with Crippen LogP contribution in [0.1, 0.15) is 44.9 Å². The summed E-state index contributed by atoms with van der Waals surface area (Å²) in [6.07, 6.45) is 6.05. The fourth-order valence-electron chi connectivity index (χ4n) is 5.03. The largest absolute Gasteiger partial charge is 0.493 e. The quantitative estimate of drug-likeness (QED) is 0.0754. The second kappa shape index (κ2) is 15.1. The molecule has 1 heterocycles. The van der Waals surface area contributed by atoms with Crippen LogP contribution in [0.3, 0.4) is 0 Å². The Balaban J connectivity index is 1.21. The minimum Gasteiger partial charge on any atom is -0.493 e. The molecular weight excluding hydrogens is 629 g/mol. The van der Waals surface area contributed by atoms with Crippen LogP contribution in [0.15, 0.2) is 66.9 Å². The zero-order valence-corrected chi connectivity index (χ0v) is 26.8. The van der Waals surface area contributed by atoms with Gasteiger partial charge in [-0.25, -0.2) is 4.39 Å². The summed E-state index contributed by atoms with van der Waals surface area (Å²) in [5, 5.41) is 6.44. The first-order valence-corrected chi connectivity index (χ1v) is 15.6. The molecule has 1 saturated carbocycles. The van der Waals surface area contributed by atoms with Crippen LogP contribution in [-0.4, -0.2) is 43.6 Å². The topological polar surface area (TPSA) is 125 Å². The van der Waals surface area contributed by atoms with Gasteiger partial charge in [0.1, 0.15) is 11.2 Å². The van der Waals surface area contributed by atoms with Crippen LogP contribution in [0.25, 0.3) is 10.9 Å². The molecular formula is C35H35ClFN3O7. The number of nitrogens with zero attached hydrogens (tertiary/aromatic N) is 1. The monoisotopic (exact) mass is 663 g/mol. The summed E-state index contributed by atoms with van der Waals surface area (Å²) in [5.41, 5.74) is -0.00337. The van der Waals surface area contributed by atoms with Gasteiger partial charge in [-0.1, -0.05) is 30.5 Å². The van der Waals surface area contributed by atoms with Gasteiger partial charge in [-0.05, 0) is 68.1 Å². The Kier molecular flexibility index (Phi) is 10.8. The van der Waals surface area contributed by atoms with Crippen molar-refractivity contribution in [3.05, 3.63) is 77.7 Å². The number of carbonyl (C=O) groups is 3. The summed E-state index contributed by atoms with van der Waals surface area (Å²) in [7, 11) is 2.91. The van der Waals surface area contributed by atoms with Crippen LogP contribution in [0.4, 0.5) is 15.8 Å². The van der Waals surface area contributed by atoms with Crippen molar-refractivity contribution < 1.29 is 37.7 Å². The van der Waals surface area contributed by atoms with Crippen LogP contribution < -0.4 is 24.8 Å². The number of benzene rings is 3. The number of halogens is 2. The van der Waals surface area contributed by atoms with E-state index >= 15 is 4.39 Å². The average Bonchev–Trinajstić information content (AvgIpc) is 3.88. The summed E-state index contributed by atoms with van der Waals surface area (Å²) >= 11 is 6.00. The number of rotatable bonds is 15. The Bertz CT molecular complexity index is 1780. The van der Waals surface area contributed by atoms with Crippen LogP contribution in [0.2, 0.25) is 5.02 Å². The Morgan fingerprint density at radius 3 is 2.28 bits per heavy atom. The van der Waals surface area contributed by atoms with Crippen LogP contribution >= 0.6 is 11.6 Å². The second-order valence-corrected chi connectivity index (χ2v) is 11.6. The molecule has 0 unspecified atom stereocenters. The zero-order chi connectivity index (χ0) is 33.4. The number of anilines is 2. The van der Waals surface area contributed by atoms with E-state index in [0.29, 0.717) is 64.7 Å². The Morgan fingerprint density at radius 1 is 0.851 bits per heavy atom. The lowest BCUT2D eigenvalue weighted by atomic mass is 10.0. The number of pyridine rings is 1. The van der Waals surface area contributed by atoms with E-state index in [1.807, 2.05) is 0 Å². The predicted octanol–water partition coefficient (Wildman–Crippen LogP) is 7.69. The van der Waals surface area contributed by atoms with Gasteiger partial charge in [-0.2, -0.15) is 0 Å². The number of aromatic nitrogens is 1. The first-order valence-electron chi connectivity index (χ1n) is 15.2. The predicted molar refractivity (Wildman–Crippen MR) is 176 cm³/mol. The fraction of sp³-hybridized carbons (Fsp3) is 0.314. The lowest BCUT2D eigenvalue weighted by molar-refractivity contribution is -0.140. The normalized spacial score (nSPS) is 13.0. The second-order valence-electron chi connectivity index (χ2n) is 11.2. The molecule has 1 aliphatic rings. The van der Waals surface area contributed by atoms with Gasteiger partial charge in [-0.15, -0.1) is 0 Å². The summed E-state index contributed by atoms with van der Waals surface area (Å²) in [6.45, 7) is 0.456. The van der Waals surface area contributed by atoms with E-state index < -0.39 is 23.0 Å². The molecule has 1 fully saturated rings. The lowest BCUT2D eigenvalue weighted by Crippen LogP contribution is -2.35. The van der Waals surface area contributed by atoms with Gasteiger partial charge < -0.3 is 29.6 Å². The zero-order valence-electron chi connectivity index (χ0n) is 26.1. The third-order valence-electron chi connectivity index (χ3n) is 7.86. The van der Waals surface area contributed by atoms with Crippen molar-refractivity contribution in [1.82, 2.24) is 4.98 Å². The number of ether oxygens (including phenoxy) is 4. The van der Waals surface area contributed by atoms with Gasteiger partial charge in [0.2, 0.25) is 11.8 Å². The van der Waals surface area contributed by atoms with E-state index in [0.717, 1.165) is 31.7 Å². The van der Waals surface area contributed by atoms with Gasteiger partial charge in [0.15, 0.2) is 23.1 Å². The number of carbonyl (C=O) groups excluding carboxylic acids is 3. The lowest BCUT2D eigenvalue weighted by Gasteiger charge is -2.16. The van der Waals surface area contributed by atoms with Crippen LogP contribution in [0, 0.1) is 11.2 Å². The van der Waals surface area contributed by atoms with E-state index in [9.17, 15) is 14.4 Å². The van der Waals surface area contributed by atoms with Gasteiger partial charge in [0.25, 0.3) is 0 Å². The molecule has 0 spiro atoms. The standard InChI is InChI=1S/C35H35ClFN3O7/c1-44-30-20-25-27(21-31(30)46-17-6-4-3-5-10-32(41)45-2)38-16-13-28(25)47-29-12-11-24(19-26(29)37)40-34(43)35(14-15-35)33(42)39-23-9-7-8-22(36)18-23/h7-9,11-13,16,18-21H,3-6,10,14-15,17H2,1-2H3,(H,39,42)(H,40,43). The summed E-state index contributed by atoms with van der Waals surface area (Å²) in [6, 6.07) is 15.8. The van der Waals surface area contributed by atoms with Crippen LogP contribution in [-0.2, 0) is 19.1 Å². The number of hydrogen-bond acceptors (Lipinski definition) is 8. The van der Waals surface area contributed by atoms with E-state index in [2.05, 4.69) is 20.4 Å². The summed E-state index contributed by atoms with van der Waals surface area (Å²) in [5.74, 6) is -0.625. The molecule has 0 bridgehead atoms. The molecule has 246 valence electrons. The van der Waals surface area contributed by atoms with E-state index in [4.69, 9.17) is 25.8 Å². The van der Waals surface area contributed by atoms with Gasteiger partial charge in [0.05, 0.1) is 26.3 Å². The van der Waals surface area contributed by atoms with Crippen LogP contribution in [0.5, 0.6) is 23.0 Å². The first kappa shape index (κ1) is 33.5. The van der Waals surface area contributed by atoms with Gasteiger partial charge in [0, 0.05) is 46.5 Å². The maximum Gasteiger partial charge on any atom is 0.305 e. The third-order valence-corrected chi connectivity index (χ3v) is 8.09. The van der Waals surface area contributed by atoms with Gasteiger partial charge >= 0.3 is 5.97 Å². The molecule has 12 heteroatoms. The molecule has 1 aromatic heterocycles. The highest BCUT2D eigenvalue weighted by Crippen LogP contribution is 2.48. The Morgan fingerprint density at radius 2 is 1.60 bits per heavy atom. The smallest absolute Gasteiger partial charge is 0.305 e. The Hall–Kier alpha value is -4.90. The molecule has 5 rings (SSSR count). The maximum absolute atomic E-state index is 15.2. The summed E-state index contributed by atoms with van der Waals surface area (Å²) in [4.78, 5) is 41.7. The van der Waals surface area contributed by atoms with Gasteiger partial charge in [-0.3, -0.25) is 19.4 Å². The molecule has 2 N–H and O–H groups in total. The number of nitrogens with one attached hydrogen (secondary N) is 2. The number of hydrogen-bond donors (Lipinski definition) is 2. The van der Waals surface area contributed by atoms with Crippen molar-refractivity contribution in [2.24, 2.45) is 5.41 Å². The maximum atomic E-state index is 15.2. The summed E-state index contributed by atoms with van der Waals surface area (Å²) < 4.78 is 37.4. The fourth-order valence-corrected chi connectivity index (χ4v) is 5.22. The van der Waals surface area contributed by atoms with Crippen molar-refractivity contribution in [1.29, 1.82) is 0 Å². The number of esters is 1. The molecule has 0 radical (unpaired) electrons. The van der Waals surface area contributed by atoms with Crippen molar-refractivity contribution in [2.45, 2.75) is 44.9 Å². The minimum atomic E-state index is -1.24.